The fourth-order valence-corrected chi connectivity index (χ4v) is 1.78. The Morgan fingerprint density at radius 1 is 1.47 bits per heavy atom. The minimum atomic E-state index is -1.08. The zero-order valence-electron chi connectivity index (χ0n) is 11.0. The van der Waals surface area contributed by atoms with Gasteiger partial charge in [-0.2, -0.15) is 10.2 Å². The Kier molecular flexibility index (Phi) is 5.38. The van der Waals surface area contributed by atoms with Crippen LogP contribution in [-0.2, 0) is 0 Å². The molecule has 1 rings (SSSR count). The lowest BCUT2D eigenvalue weighted by Gasteiger charge is -2.33. The number of hydrogen-bond acceptors (Lipinski definition) is 4. The van der Waals surface area contributed by atoms with Crippen molar-refractivity contribution in [3.05, 3.63) is 49.3 Å². The van der Waals surface area contributed by atoms with Crippen molar-refractivity contribution in [2.45, 2.75) is 31.4 Å². The molecule has 0 aliphatic heterocycles. The molecule has 0 fully saturated rings. The van der Waals surface area contributed by atoms with Gasteiger partial charge in [0.2, 0.25) is 0 Å². The third kappa shape index (κ3) is 3.99. The van der Waals surface area contributed by atoms with Crippen molar-refractivity contribution >= 4 is 5.91 Å². The average molecular weight is 261 g/mol. The smallest absolute Gasteiger partial charge is 0.253 e. The first kappa shape index (κ1) is 15.0. The van der Waals surface area contributed by atoms with Crippen molar-refractivity contribution in [2.24, 2.45) is 0 Å². The van der Waals surface area contributed by atoms with Crippen LogP contribution in [0.2, 0.25) is 0 Å². The van der Waals surface area contributed by atoms with Crippen LogP contribution >= 0.6 is 0 Å². The lowest BCUT2D eigenvalue weighted by atomic mass is 9.88. The van der Waals surface area contributed by atoms with Crippen LogP contribution in [0, 0.1) is 0 Å². The fourth-order valence-electron chi connectivity index (χ4n) is 1.78. The molecule has 19 heavy (non-hydrogen) atoms. The summed E-state index contributed by atoms with van der Waals surface area (Å²) >= 11 is 0. The maximum Gasteiger partial charge on any atom is 0.253 e. The van der Waals surface area contributed by atoms with Crippen LogP contribution in [0.25, 0.3) is 0 Å². The van der Waals surface area contributed by atoms with E-state index in [0.29, 0.717) is 18.4 Å². The van der Waals surface area contributed by atoms with Crippen molar-refractivity contribution in [1.29, 1.82) is 0 Å². The van der Waals surface area contributed by atoms with E-state index < -0.39 is 11.6 Å². The molecule has 5 heteroatoms. The van der Waals surface area contributed by atoms with E-state index in [1.807, 2.05) is 0 Å². The zero-order chi connectivity index (χ0) is 14.3. The third-order valence-electron chi connectivity index (χ3n) is 3.00. The standard InChI is InChI=1S/C14H19N3O2/c1-4-7-14(19,8-5-2)11(3)17-13(18)12-6-9-15-16-10-12/h4-6,9-11,19H,1-2,7-8H2,3H3,(H,17,18)/t11-/m1/s1. The summed E-state index contributed by atoms with van der Waals surface area (Å²) in [5.41, 5.74) is -0.680. The molecule has 102 valence electrons. The first-order valence-electron chi connectivity index (χ1n) is 6.05. The van der Waals surface area contributed by atoms with E-state index in [0.717, 1.165) is 0 Å². The summed E-state index contributed by atoms with van der Waals surface area (Å²) < 4.78 is 0. The highest BCUT2D eigenvalue weighted by Crippen LogP contribution is 2.21. The minimum absolute atomic E-state index is 0.297. The first-order chi connectivity index (χ1) is 9.03. The highest BCUT2D eigenvalue weighted by molar-refractivity contribution is 5.93. The quantitative estimate of drug-likeness (QED) is 0.729. The Morgan fingerprint density at radius 2 is 2.11 bits per heavy atom. The molecule has 1 aromatic rings. The molecule has 1 aromatic heterocycles. The number of carbonyl (C=O) groups excluding carboxylic acids is 1. The van der Waals surface area contributed by atoms with Crippen LogP contribution in [0.15, 0.2) is 43.8 Å². The van der Waals surface area contributed by atoms with Crippen molar-refractivity contribution < 1.29 is 9.90 Å². The highest BCUT2D eigenvalue weighted by Gasteiger charge is 2.32. The highest BCUT2D eigenvalue weighted by atomic mass is 16.3. The number of rotatable bonds is 7. The van der Waals surface area contributed by atoms with E-state index in [9.17, 15) is 9.90 Å². The van der Waals surface area contributed by atoms with Crippen LogP contribution in [0.1, 0.15) is 30.1 Å². The van der Waals surface area contributed by atoms with E-state index in [-0.39, 0.29) is 5.91 Å². The van der Waals surface area contributed by atoms with Gasteiger partial charge in [0.1, 0.15) is 0 Å². The molecule has 5 nitrogen and oxygen atoms in total. The number of amides is 1. The molecular weight excluding hydrogens is 242 g/mol. The summed E-state index contributed by atoms with van der Waals surface area (Å²) in [6.07, 6.45) is 6.81. The third-order valence-corrected chi connectivity index (χ3v) is 3.00. The van der Waals surface area contributed by atoms with E-state index in [4.69, 9.17) is 0 Å². The second-order valence-electron chi connectivity index (χ2n) is 4.42. The maximum atomic E-state index is 12.0. The van der Waals surface area contributed by atoms with Crippen LogP contribution in [0.3, 0.4) is 0 Å². The normalized spacial score (nSPS) is 12.5. The van der Waals surface area contributed by atoms with Gasteiger partial charge < -0.3 is 10.4 Å². The summed E-state index contributed by atoms with van der Waals surface area (Å²) in [4.78, 5) is 12.0. The predicted octanol–water partition coefficient (Wildman–Crippen LogP) is 1.48. The molecule has 0 spiro atoms. The van der Waals surface area contributed by atoms with Crippen LogP contribution in [0.5, 0.6) is 0 Å². The van der Waals surface area contributed by atoms with Crippen molar-refractivity contribution in [2.75, 3.05) is 0 Å². The van der Waals surface area contributed by atoms with Gasteiger partial charge in [-0.25, -0.2) is 0 Å². The zero-order valence-corrected chi connectivity index (χ0v) is 11.0. The monoisotopic (exact) mass is 261 g/mol. The maximum absolute atomic E-state index is 12.0. The largest absolute Gasteiger partial charge is 0.387 e. The van der Waals surface area contributed by atoms with Crippen molar-refractivity contribution in [3.63, 3.8) is 0 Å². The molecule has 0 aromatic carbocycles. The van der Waals surface area contributed by atoms with Gasteiger partial charge in [0.15, 0.2) is 0 Å². The first-order valence-corrected chi connectivity index (χ1v) is 6.05. The molecule has 0 saturated heterocycles. The summed E-state index contributed by atoms with van der Waals surface area (Å²) in [5, 5.41) is 20.5. The van der Waals surface area contributed by atoms with Crippen LogP contribution in [0.4, 0.5) is 0 Å². The molecule has 0 radical (unpaired) electrons. The molecule has 0 aliphatic rings. The topological polar surface area (TPSA) is 75.1 Å². The summed E-state index contributed by atoms with van der Waals surface area (Å²) in [6, 6.07) is 1.12. The molecule has 0 aliphatic carbocycles. The summed E-state index contributed by atoms with van der Waals surface area (Å²) in [5.74, 6) is -0.297. The minimum Gasteiger partial charge on any atom is -0.387 e. The number of hydrogen-bond donors (Lipinski definition) is 2. The number of nitrogens with one attached hydrogen (secondary N) is 1. The Labute approximate surface area is 113 Å². The molecule has 0 unspecified atom stereocenters. The van der Waals surface area contributed by atoms with Gasteiger partial charge in [-0.15, -0.1) is 13.2 Å². The molecule has 0 bridgehead atoms. The number of carbonyl (C=O) groups is 1. The van der Waals surface area contributed by atoms with Gasteiger partial charge in [-0.1, -0.05) is 12.2 Å². The number of aliphatic hydroxyl groups is 1. The summed E-state index contributed by atoms with van der Waals surface area (Å²) in [6.45, 7) is 8.99. The fraction of sp³-hybridized carbons (Fsp3) is 0.357. The van der Waals surface area contributed by atoms with Gasteiger partial charge in [0.25, 0.3) is 5.91 Å². The molecule has 0 saturated carbocycles. The Hall–Kier alpha value is -2.01. The van der Waals surface area contributed by atoms with E-state index in [1.54, 1.807) is 25.1 Å². The number of nitrogens with zero attached hydrogens (tertiary/aromatic N) is 2. The van der Waals surface area contributed by atoms with Gasteiger partial charge in [-0.3, -0.25) is 4.79 Å². The molecule has 2 N–H and O–H groups in total. The van der Waals surface area contributed by atoms with E-state index in [2.05, 4.69) is 28.7 Å². The Balaban J connectivity index is 2.76. The second-order valence-corrected chi connectivity index (χ2v) is 4.42. The average Bonchev–Trinajstić information content (AvgIpc) is 2.40. The van der Waals surface area contributed by atoms with Gasteiger partial charge in [-0.05, 0) is 25.8 Å². The molecular formula is C14H19N3O2. The van der Waals surface area contributed by atoms with Gasteiger partial charge >= 0.3 is 0 Å². The molecule has 1 heterocycles. The van der Waals surface area contributed by atoms with Crippen LogP contribution < -0.4 is 5.32 Å². The predicted molar refractivity (Wildman–Crippen MR) is 73.5 cm³/mol. The summed E-state index contributed by atoms with van der Waals surface area (Å²) in [7, 11) is 0. The number of aromatic nitrogens is 2. The SMILES string of the molecule is C=CCC(O)(CC=C)[C@@H](C)NC(=O)c1ccnnc1. The van der Waals surface area contributed by atoms with Gasteiger partial charge in [0.05, 0.1) is 29.6 Å². The molecule has 1 atom stereocenters. The van der Waals surface area contributed by atoms with E-state index in [1.165, 1.54) is 12.4 Å². The van der Waals surface area contributed by atoms with Crippen molar-refractivity contribution in [1.82, 2.24) is 15.5 Å². The van der Waals surface area contributed by atoms with Crippen molar-refractivity contribution in [3.8, 4) is 0 Å². The van der Waals surface area contributed by atoms with E-state index >= 15 is 0 Å². The second kappa shape index (κ2) is 6.80. The Morgan fingerprint density at radius 3 is 2.58 bits per heavy atom. The van der Waals surface area contributed by atoms with Gasteiger partial charge in [0, 0.05) is 0 Å². The molecule has 1 amide bonds. The van der Waals surface area contributed by atoms with Crippen LogP contribution in [-0.4, -0.2) is 32.9 Å². The Bertz CT molecular complexity index is 435. The lowest BCUT2D eigenvalue weighted by Crippen LogP contribution is -2.50. The lowest BCUT2D eigenvalue weighted by molar-refractivity contribution is 0.0127.